The summed E-state index contributed by atoms with van der Waals surface area (Å²) in [5.41, 5.74) is 4.58. The average Bonchev–Trinajstić information content (AvgIpc) is 2.74. The molecule has 2 amide bonds. The van der Waals surface area contributed by atoms with Gasteiger partial charge in [0.1, 0.15) is 0 Å². The van der Waals surface area contributed by atoms with Crippen LogP contribution in [0.15, 0.2) is 78.9 Å². The second-order valence-electron chi connectivity index (χ2n) is 6.64. The lowest BCUT2D eigenvalue weighted by atomic mass is 9.99. The molecule has 0 fully saturated rings. The van der Waals surface area contributed by atoms with Gasteiger partial charge in [0.25, 0.3) is 5.91 Å². The van der Waals surface area contributed by atoms with Crippen molar-refractivity contribution in [1.82, 2.24) is 5.32 Å². The Hall–Kier alpha value is -3.40. The topological polar surface area (TPSA) is 58.2 Å². The lowest BCUT2D eigenvalue weighted by molar-refractivity contribution is -0.119. The molecule has 3 aromatic rings. The lowest BCUT2D eigenvalue weighted by Gasteiger charge is -2.11. The third-order valence-electron chi connectivity index (χ3n) is 4.64. The number of benzene rings is 3. The molecule has 3 rings (SSSR count). The summed E-state index contributed by atoms with van der Waals surface area (Å²) < 4.78 is 0. The molecule has 0 aliphatic rings. The van der Waals surface area contributed by atoms with Gasteiger partial charge in [-0.15, -0.1) is 0 Å². The SMILES string of the molecule is CNC(=O)Cc1ccc(NC(=O)c2ccccc2CCc2ccccc2)cc1. The van der Waals surface area contributed by atoms with Crippen LogP contribution < -0.4 is 10.6 Å². The smallest absolute Gasteiger partial charge is 0.255 e. The quantitative estimate of drug-likeness (QED) is 0.658. The molecule has 0 bridgehead atoms. The largest absolute Gasteiger partial charge is 0.359 e. The first-order chi connectivity index (χ1) is 13.7. The molecule has 4 nitrogen and oxygen atoms in total. The van der Waals surface area contributed by atoms with Crippen LogP contribution in [-0.2, 0) is 24.1 Å². The molecule has 142 valence electrons. The van der Waals surface area contributed by atoms with E-state index in [0.29, 0.717) is 17.7 Å². The fraction of sp³-hybridized carbons (Fsp3) is 0.167. The normalized spacial score (nSPS) is 10.3. The summed E-state index contributed by atoms with van der Waals surface area (Å²) >= 11 is 0. The van der Waals surface area contributed by atoms with Crippen molar-refractivity contribution in [3.8, 4) is 0 Å². The van der Waals surface area contributed by atoms with Crippen molar-refractivity contribution in [2.45, 2.75) is 19.3 Å². The fourth-order valence-electron chi connectivity index (χ4n) is 3.06. The van der Waals surface area contributed by atoms with Gasteiger partial charge in [-0.05, 0) is 47.7 Å². The van der Waals surface area contributed by atoms with Crippen LogP contribution in [0.25, 0.3) is 0 Å². The monoisotopic (exact) mass is 372 g/mol. The number of nitrogens with one attached hydrogen (secondary N) is 2. The number of amides is 2. The van der Waals surface area contributed by atoms with Crippen LogP contribution in [0.1, 0.15) is 27.0 Å². The third kappa shape index (κ3) is 5.30. The van der Waals surface area contributed by atoms with Crippen LogP contribution >= 0.6 is 0 Å². The van der Waals surface area contributed by atoms with Gasteiger partial charge in [-0.3, -0.25) is 9.59 Å². The van der Waals surface area contributed by atoms with E-state index in [2.05, 4.69) is 22.8 Å². The van der Waals surface area contributed by atoms with Crippen LogP contribution in [0.3, 0.4) is 0 Å². The van der Waals surface area contributed by atoms with Gasteiger partial charge < -0.3 is 10.6 Å². The zero-order valence-electron chi connectivity index (χ0n) is 15.9. The maximum atomic E-state index is 12.8. The number of rotatable bonds is 7. The van der Waals surface area contributed by atoms with E-state index in [1.807, 2.05) is 66.7 Å². The highest BCUT2D eigenvalue weighted by atomic mass is 16.2. The van der Waals surface area contributed by atoms with Gasteiger partial charge in [-0.2, -0.15) is 0 Å². The van der Waals surface area contributed by atoms with E-state index in [4.69, 9.17) is 0 Å². The molecule has 0 aliphatic carbocycles. The zero-order chi connectivity index (χ0) is 19.8. The highest BCUT2D eigenvalue weighted by molar-refractivity contribution is 6.05. The molecule has 0 spiro atoms. The minimum atomic E-state index is -0.122. The highest BCUT2D eigenvalue weighted by Gasteiger charge is 2.11. The second-order valence-corrected chi connectivity index (χ2v) is 6.64. The standard InChI is InChI=1S/C24H24N2O2/c1-25-23(27)17-19-12-15-21(16-13-19)26-24(28)22-10-6-5-9-20(22)14-11-18-7-3-2-4-8-18/h2-10,12-13,15-16H,11,14,17H2,1H3,(H,25,27)(H,26,28). The number of carbonyl (C=O) groups excluding carboxylic acids is 2. The minimum Gasteiger partial charge on any atom is -0.359 e. The molecule has 0 aliphatic heterocycles. The second kappa shape index (κ2) is 9.51. The fourth-order valence-corrected chi connectivity index (χ4v) is 3.06. The van der Waals surface area contributed by atoms with Crippen molar-refractivity contribution in [2.75, 3.05) is 12.4 Å². The molecular weight excluding hydrogens is 348 g/mol. The first-order valence-electron chi connectivity index (χ1n) is 9.38. The van der Waals surface area contributed by atoms with Gasteiger partial charge in [0.2, 0.25) is 5.91 Å². The summed E-state index contributed by atoms with van der Waals surface area (Å²) in [6.45, 7) is 0. The average molecular weight is 372 g/mol. The van der Waals surface area contributed by atoms with Gasteiger partial charge in [0.05, 0.1) is 6.42 Å². The van der Waals surface area contributed by atoms with Gasteiger partial charge in [0.15, 0.2) is 0 Å². The summed E-state index contributed by atoms with van der Waals surface area (Å²) in [5, 5.41) is 5.55. The van der Waals surface area contributed by atoms with E-state index >= 15 is 0 Å². The molecule has 3 aromatic carbocycles. The van der Waals surface area contributed by atoms with Crippen molar-refractivity contribution in [2.24, 2.45) is 0 Å². The van der Waals surface area contributed by atoms with Crippen LogP contribution in [0.2, 0.25) is 0 Å². The van der Waals surface area contributed by atoms with E-state index < -0.39 is 0 Å². The summed E-state index contributed by atoms with van der Waals surface area (Å²) in [5.74, 6) is -0.160. The van der Waals surface area contributed by atoms with Gasteiger partial charge in [0, 0.05) is 18.3 Å². The van der Waals surface area contributed by atoms with Crippen molar-refractivity contribution in [1.29, 1.82) is 0 Å². The highest BCUT2D eigenvalue weighted by Crippen LogP contribution is 2.16. The first-order valence-corrected chi connectivity index (χ1v) is 9.38. The molecule has 2 N–H and O–H groups in total. The van der Waals surface area contributed by atoms with Crippen LogP contribution in [0.5, 0.6) is 0 Å². The van der Waals surface area contributed by atoms with E-state index in [1.165, 1.54) is 5.56 Å². The van der Waals surface area contributed by atoms with Crippen LogP contribution in [0, 0.1) is 0 Å². The number of aryl methyl sites for hydroxylation is 2. The summed E-state index contributed by atoms with van der Waals surface area (Å²) in [7, 11) is 1.62. The van der Waals surface area contributed by atoms with Crippen molar-refractivity contribution in [3.05, 3.63) is 101 Å². The number of likely N-dealkylation sites (N-methyl/N-ethyl adjacent to an activating group) is 1. The van der Waals surface area contributed by atoms with Crippen molar-refractivity contribution in [3.63, 3.8) is 0 Å². The summed E-state index contributed by atoms with van der Waals surface area (Å²) in [6.07, 6.45) is 2.02. The molecule has 0 radical (unpaired) electrons. The predicted molar refractivity (Wildman–Crippen MR) is 112 cm³/mol. The molecule has 0 atom stereocenters. The number of hydrogen-bond acceptors (Lipinski definition) is 2. The Bertz CT molecular complexity index is 934. The summed E-state index contributed by atoms with van der Waals surface area (Å²) in [4.78, 5) is 24.2. The van der Waals surface area contributed by atoms with Gasteiger partial charge >= 0.3 is 0 Å². The molecule has 0 saturated heterocycles. The van der Waals surface area contributed by atoms with E-state index in [1.54, 1.807) is 7.05 Å². The maximum Gasteiger partial charge on any atom is 0.255 e. The third-order valence-corrected chi connectivity index (χ3v) is 4.64. The maximum absolute atomic E-state index is 12.8. The van der Waals surface area contributed by atoms with Crippen molar-refractivity contribution < 1.29 is 9.59 Å². The zero-order valence-corrected chi connectivity index (χ0v) is 15.9. The van der Waals surface area contributed by atoms with Crippen LogP contribution in [-0.4, -0.2) is 18.9 Å². The van der Waals surface area contributed by atoms with E-state index in [-0.39, 0.29) is 11.8 Å². The first kappa shape index (κ1) is 19.4. The Labute approximate surface area is 165 Å². The molecule has 0 unspecified atom stereocenters. The molecule has 0 heterocycles. The van der Waals surface area contributed by atoms with E-state index in [9.17, 15) is 9.59 Å². The van der Waals surface area contributed by atoms with Crippen LogP contribution in [0.4, 0.5) is 5.69 Å². The lowest BCUT2D eigenvalue weighted by Crippen LogP contribution is -2.20. The Morgan fingerprint density at radius 1 is 0.750 bits per heavy atom. The molecule has 4 heteroatoms. The number of anilines is 1. The Balaban J connectivity index is 1.66. The molecule has 0 aromatic heterocycles. The number of hydrogen-bond donors (Lipinski definition) is 2. The Kier molecular flexibility index (Phi) is 6.58. The minimum absolute atomic E-state index is 0.0378. The van der Waals surface area contributed by atoms with Gasteiger partial charge in [-0.25, -0.2) is 0 Å². The van der Waals surface area contributed by atoms with Crippen molar-refractivity contribution >= 4 is 17.5 Å². The summed E-state index contributed by atoms with van der Waals surface area (Å²) in [6, 6.07) is 25.3. The molecule has 28 heavy (non-hydrogen) atoms. The molecular formula is C24H24N2O2. The van der Waals surface area contributed by atoms with E-state index in [0.717, 1.165) is 24.0 Å². The Morgan fingerprint density at radius 3 is 2.14 bits per heavy atom. The Morgan fingerprint density at radius 2 is 1.43 bits per heavy atom. The van der Waals surface area contributed by atoms with Gasteiger partial charge in [-0.1, -0.05) is 60.7 Å². The number of carbonyl (C=O) groups is 2. The predicted octanol–water partition coefficient (Wildman–Crippen LogP) is 4.01. The molecule has 0 saturated carbocycles.